The van der Waals surface area contributed by atoms with Crippen LogP contribution in [0.15, 0.2) is 85.1 Å². The maximum absolute atomic E-state index is 13.1. The standard InChI is InChI=1S/C27H20FN5O/c28-19-7-4-16(5-8-19)15-34-20-3-1-2-18(12-20)25-14-22-21(10-11-30-27(22)31-25)17-6-9-24-23(13-17)26(29)33-32-24/h1-14H,15H2,(H,30,31)(H3,29,32,33). The first kappa shape index (κ1) is 20.0. The summed E-state index contributed by atoms with van der Waals surface area (Å²) in [5.74, 6) is 0.953. The number of pyridine rings is 1. The van der Waals surface area contributed by atoms with E-state index in [0.29, 0.717) is 12.4 Å². The number of H-pyrrole nitrogens is 2. The lowest BCUT2D eigenvalue weighted by Gasteiger charge is -2.08. The summed E-state index contributed by atoms with van der Waals surface area (Å²) >= 11 is 0. The van der Waals surface area contributed by atoms with Gasteiger partial charge in [0.2, 0.25) is 0 Å². The van der Waals surface area contributed by atoms with Gasteiger partial charge in [-0.25, -0.2) is 9.37 Å². The minimum atomic E-state index is -0.259. The summed E-state index contributed by atoms with van der Waals surface area (Å²) in [7, 11) is 0. The number of nitrogens with one attached hydrogen (secondary N) is 2. The highest BCUT2D eigenvalue weighted by Crippen LogP contribution is 2.34. The number of anilines is 1. The maximum atomic E-state index is 13.1. The Morgan fingerprint density at radius 3 is 2.65 bits per heavy atom. The molecule has 0 spiro atoms. The first-order chi connectivity index (χ1) is 16.6. The van der Waals surface area contributed by atoms with Gasteiger partial charge in [-0.1, -0.05) is 30.3 Å². The van der Waals surface area contributed by atoms with Crippen molar-refractivity contribution in [3.05, 3.63) is 96.4 Å². The Balaban J connectivity index is 1.33. The number of rotatable bonds is 5. The second kappa shape index (κ2) is 8.04. The molecule has 7 heteroatoms. The highest BCUT2D eigenvalue weighted by Gasteiger charge is 2.12. The van der Waals surface area contributed by atoms with Crippen molar-refractivity contribution < 1.29 is 9.13 Å². The molecule has 0 aliphatic heterocycles. The number of aromatic nitrogens is 4. The van der Waals surface area contributed by atoms with Crippen molar-refractivity contribution >= 4 is 27.8 Å². The van der Waals surface area contributed by atoms with Crippen LogP contribution in [0, 0.1) is 5.82 Å². The average Bonchev–Trinajstić information content (AvgIpc) is 3.47. The number of nitrogens with two attached hydrogens (primary N) is 1. The van der Waals surface area contributed by atoms with E-state index in [0.717, 1.165) is 55.6 Å². The summed E-state index contributed by atoms with van der Waals surface area (Å²) in [6, 6.07) is 24.3. The van der Waals surface area contributed by atoms with E-state index in [1.165, 1.54) is 12.1 Å². The van der Waals surface area contributed by atoms with Crippen molar-refractivity contribution in [3.63, 3.8) is 0 Å². The predicted octanol–water partition coefficient (Wildman–Crippen LogP) is 6.07. The number of hydrogen-bond acceptors (Lipinski definition) is 4. The molecule has 3 aromatic carbocycles. The molecule has 0 fully saturated rings. The SMILES string of the molecule is Nc1n[nH]c2ccc(-c3ccnc4[nH]c(-c5cccc(OCc6ccc(F)cc6)c5)cc34)cc12. The molecule has 3 heterocycles. The fraction of sp³-hybridized carbons (Fsp3) is 0.0370. The van der Waals surface area contributed by atoms with Crippen LogP contribution in [0.4, 0.5) is 10.2 Å². The first-order valence-corrected chi connectivity index (χ1v) is 10.8. The number of benzene rings is 3. The van der Waals surface area contributed by atoms with Gasteiger partial charge >= 0.3 is 0 Å². The second-order valence-corrected chi connectivity index (χ2v) is 8.12. The molecule has 4 N–H and O–H groups in total. The van der Waals surface area contributed by atoms with Crippen LogP contribution in [-0.2, 0) is 6.61 Å². The lowest BCUT2D eigenvalue weighted by Crippen LogP contribution is -1.95. The molecule has 0 aliphatic carbocycles. The van der Waals surface area contributed by atoms with Gasteiger partial charge in [0, 0.05) is 28.2 Å². The van der Waals surface area contributed by atoms with Crippen LogP contribution >= 0.6 is 0 Å². The van der Waals surface area contributed by atoms with Crippen molar-refractivity contribution in [2.24, 2.45) is 0 Å². The number of ether oxygens (including phenoxy) is 1. The summed E-state index contributed by atoms with van der Waals surface area (Å²) in [4.78, 5) is 7.95. The van der Waals surface area contributed by atoms with Crippen LogP contribution in [0.3, 0.4) is 0 Å². The predicted molar refractivity (Wildman–Crippen MR) is 132 cm³/mol. The van der Waals surface area contributed by atoms with Crippen molar-refractivity contribution in [1.82, 2.24) is 20.2 Å². The van der Waals surface area contributed by atoms with E-state index in [2.05, 4.69) is 26.2 Å². The smallest absolute Gasteiger partial charge is 0.153 e. The van der Waals surface area contributed by atoms with E-state index in [-0.39, 0.29) is 5.82 Å². The van der Waals surface area contributed by atoms with Gasteiger partial charge in [0.15, 0.2) is 5.82 Å². The van der Waals surface area contributed by atoms with Crippen LogP contribution in [0.25, 0.3) is 44.3 Å². The molecule has 0 unspecified atom stereocenters. The normalized spacial score (nSPS) is 11.3. The first-order valence-electron chi connectivity index (χ1n) is 10.8. The van der Waals surface area contributed by atoms with Gasteiger partial charge in [0.05, 0.1) is 5.52 Å². The molecule has 0 saturated carbocycles. The Kier molecular flexibility index (Phi) is 4.73. The van der Waals surface area contributed by atoms with E-state index in [9.17, 15) is 4.39 Å². The van der Waals surface area contributed by atoms with Crippen LogP contribution in [0.5, 0.6) is 5.75 Å². The zero-order valence-electron chi connectivity index (χ0n) is 18.0. The third kappa shape index (κ3) is 3.63. The lowest BCUT2D eigenvalue weighted by atomic mass is 10.0. The molecule has 6 rings (SSSR count). The Morgan fingerprint density at radius 2 is 1.76 bits per heavy atom. The van der Waals surface area contributed by atoms with Gasteiger partial charge in [-0.05, 0) is 65.2 Å². The number of aromatic amines is 2. The van der Waals surface area contributed by atoms with Crippen LogP contribution in [-0.4, -0.2) is 20.2 Å². The molecule has 0 radical (unpaired) electrons. The fourth-order valence-electron chi connectivity index (χ4n) is 4.14. The van der Waals surface area contributed by atoms with Crippen LogP contribution < -0.4 is 10.5 Å². The molecule has 0 atom stereocenters. The molecule has 6 aromatic rings. The molecule has 166 valence electrons. The Bertz CT molecular complexity index is 1630. The molecular weight excluding hydrogens is 429 g/mol. The molecule has 34 heavy (non-hydrogen) atoms. The molecule has 3 aromatic heterocycles. The van der Waals surface area contributed by atoms with E-state index in [1.807, 2.05) is 48.5 Å². The van der Waals surface area contributed by atoms with Gasteiger partial charge in [-0.15, -0.1) is 0 Å². The zero-order valence-corrected chi connectivity index (χ0v) is 18.0. The Morgan fingerprint density at radius 1 is 0.882 bits per heavy atom. The van der Waals surface area contributed by atoms with Gasteiger partial charge in [0.25, 0.3) is 0 Å². The lowest BCUT2D eigenvalue weighted by molar-refractivity contribution is 0.306. The van der Waals surface area contributed by atoms with Gasteiger partial charge in [-0.2, -0.15) is 5.10 Å². The zero-order chi connectivity index (χ0) is 23.1. The van der Waals surface area contributed by atoms with Gasteiger partial charge in [0.1, 0.15) is 23.8 Å². The second-order valence-electron chi connectivity index (χ2n) is 8.12. The van der Waals surface area contributed by atoms with Gasteiger partial charge in [-0.3, -0.25) is 5.10 Å². The average molecular weight is 449 g/mol. The van der Waals surface area contributed by atoms with Crippen molar-refractivity contribution in [1.29, 1.82) is 0 Å². The summed E-state index contributed by atoms with van der Waals surface area (Å²) in [6.07, 6.45) is 1.79. The van der Waals surface area contributed by atoms with E-state index < -0.39 is 0 Å². The maximum Gasteiger partial charge on any atom is 0.153 e. The highest BCUT2D eigenvalue weighted by molar-refractivity contribution is 5.99. The summed E-state index contributed by atoms with van der Waals surface area (Å²) in [6.45, 7) is 0.363. The summed E-state index contributed by atoms with van der Waals surface area (Å²) in [5, 5.41) is 8.93. The number of nitrogens with zero attached hydrogens (tertiary/aromatic N) is 2. The highest BCUT2D eigenvalue weighted by atomic mass is 19.1. The molecule has 0 aliphatic rings. The van der Waals surface area contributed by atoms with Crippen LogP contribution in [0.1, 0.15) is 5.56 Å². The minimum Gasteiger partial charge on any atom is -0.489 e. The molecule has 0 saturated heterocycles. The molecule has 6 nitrogen and oxygen atoms in total. The Labute approximate surface area is 194 Å². The van der Waals surface area contributed by atoms with E-state index in [4.69, 9.17) is 10.5 Å². The summed E-state index contributed by atoms with van der Waals surface area (Å²) < 4.78 is 19.1. The van der Waals surface area contributed by atoms with Crippen LogP contribution in [0.2, 0.25) is 0 Å². The number of halogens is 1. The van der Waals surface area contributed by atoms with Crippen molar-refractivity contribution in [2.75, 3.05) is 5.73 Å². The van der Waals surface area contributed by atoms with E-state index in [1.54, 1.807) is 18.3 Å². The fourth-order valence-corrected chi connectivity index (χ4v) is 4.14. The number of fused-ring (bicyclic) bond motifs is 2. The third-order valence-electron chi connectivity index (χ3n) is 5.90. The molecule has 0 amide bonds. The van der Waals surface area contributed by atoms with Crippen molar-refractivity contribution in [2.45, 2.75) is 6.61 Å². The number of hydrogen-bond donors (Lipinski definition) is 3. The summed E-state index contributed by atoms with van der Waals surface area (Å²) in [5.41, 5.74) is 12.6. The number of nitrogen functional groups attached to an aromatic ring is 1. The largest absolute Gasteiger partial charge is 0.489 e. The minimum absolute atomic E-state index is 0.259. The monoisotopic (exact) mass is 449 g/mol. The molecule has 0 bridgehead atoms. The third-order valence-corrected chi connectivity index (χ3v) is 5.90. The topological polar surface area (TPSA) is 92.6 Å². The van der Waals surface area contributed by atoms with Gasteiger partial charge < -0.3 is 15.5 Å². The van der Waals surface area contributed by atoms with E-state index >= 15 is 0 Å². The molecular formula is C27H20FN5O. The Hall–Kier alpha value is -4.65. The quantitative estimate of drug-likeness (QED) is 0.298. The van der Waals surface area contributed by atoms with Crippen molar-refractivity contribution in [3.8, 4) is 28.1 Å².